The largest absolute Gasteiger partial charge is 0.330 e. The van der Waals surface area contributed by atoms with E-state index in [2.05, 4.69) is 51.1 Å². The van der Waals surface area contributed by atoms with Gasteiger partial charge >= 0.3 is 0 Å². The summed E-state index contributed by atoms with van der Waals surface area (Å²) in [4.78, 5) is 0. The van der Waals surface area contributed by atoms with Crippen LogP contribution in [-0.4, -0.2) is 6.54 Å². The average molecular weight is 205 g/mol. The molecule has 1 nitrogen and oxygen atoms in total. The second-order valence-corrected chi connectivity index (χ2v) is 5.44. The maximum Gasteiger partial charge on any atom is -0.000823 e. The summed E-state index contributed by atoms with van der Waals surface area (Å²) in [6, 6.07) is 10.6. The quantitative estimate of drug-likeness (QED) is 0.799. The van der Waals surface area contributed by atoms with Gasteiger partial charge in [0, 0.05) is 0 Å². The summed E-state index contributed by atoms with van der Waals surface area (Å²) in [6.07, 6.45) is 2.41. The molecule has 1 aromatic carbocycles. The molecule has 0 saturated heterocycles. The average Bonchev–Trinajstić information content (AvgIpc) is 2.19. The van der Waals surface area contributed by atoms with Crippen LogP contribution in [0.15, 0.2) is 30.3 Å². The van der Waals surface area contributed by atoms with Gasteiger partial charge in [0.2, 0.25) is 0 Å². The smallest absolute Gasteiger partial charge is 0.000823 e. The van der Waals surface area contributed by atoms with E-state index in [1.807, 2.05) is 0 Å². The van der Waals surface area contributed by atoms with Crippen LogP contribution < -0.4 is 5.73 Å². The lowest BCUT2D eigenvalue weighted by Gasteiger charge is -2.22. The van der Waals surface area contributed by atoms with Crippen molar-refractivity contribution >= 4 is 0 Å². The van der Waals surface area contributed by atoms with E-state index < -0.39 is 0 Å². The Labute approximate surface area is 93.7 Å². The maximum absolute atomic E-state index is 5.83. The van der Waals surface area contributed by atoms with Crippen molar-refractivity contribution < 1.29 is 0 Å². The molecule has 0 aliphatic carbocycles. The van der Waals surface area contributed by atoms with Crippen molar-refractivity contribution in [1.29, 1.82) is 0 Å². The highest BCUT2D eigenvalue weighted by Gasteiger charge is 2.15. The van der Waals surface area contributed by atoms with Crippen molar-refractivity contribution in [2.45, 2.75) is 39.5 Å². The molecule has 0 radical (unpaired) electrons. The van der Waals surface area contributed by atoms with E-state index in [0.29, 0.717) is 11.3 Å². The van der Waals surface area contributed by atoms with Crippen LogP contribution in [0.4, 0.5) is 0 Å². The van der Waals surface area contributed by atoms with Crippen LogP contribution in [0, 0.1) is 5.41 Å². The normalized spacial score (nSPS) is 13.9. The Morgan fingerprint density at radius 3 is 2.20 bits per heavy atom. The third kappa shape index (κ3) is 4.48. The lowest BCUT2D eigenvalue weighted by Crippen LogP contribution is -2.15. The van der Waals surface area contributed by atoms with Crippen LogP contribution in [0.25, 0.3) is 0 Å². The maximum atomic E-state index is 5.83. The van der Waals surface area contributed by atoms with Gasteiger partial charge in [0.05, 0.1) is 0 Å². The minimum atomic E-state index is 0.405. The molecule has 0 fully saturated rings. The first-order valence-electron chi connectivity index (χ1n) is 5.78. The molecule has 0 spiro atoms. The van der Waals surface area contributed by atoms with E-state index in [4.69, 9.17) is 5.73 Å². The van der Waals surface area contributed by atoms with Gasteiger partial charge in [0.15, 0.2) is 0 Å². The van der Waals surface area contributed by atoms with Gasteiger partial charge in [0.1, 0.15) is 0 Å². The molecule has 0 amide bonds. The SMILES string of the molecule is CC(C)(C)CCC(CN)c1ccccc1. The summed E-state index contributed by atoms with van der Waals surface area (Å²) in [5.74, 6) is 0.519. The second-order valence-electron chi connectivity index (χ2n) is 5.44. The Kier molecular flexibility index (Phi) is 4.34. The molecule has 15 heavy (non-hydrogen) atoms. The van der Waals surface area contributed by atoms with Crippen LogP contribution in [0.1, 0.15) is 45.1 Å². The molecule has 0 heterocycles. The van der Waals surface area contributed by atoms with Crippen LogP contribution in [0.5, 0.6) is 0 Å². The van der Waals surface area contributed by atoms with Crippen LogP contribution in [0.2, 0.25) is 0 Å². The van der Waals surface area contributed by atoms with Gasteiger partial charge in [-0.3, -0.25) is 0 Å². The summed E-state index contributed by atoms with van der Waals surface area (Å²) in [5.41, 5.74) is 7.62. The molecule has 0 aromatic heterocycles. The zero-order valence-corrected chi connectivity index (χ0v) is 10.2. The first-order valence-corrected chi connectivity index (χ1v) is 5.78. The molecule has 0 bridgehead atoms. The number of benzene rings is 1. The fraction of sp³-hybridized carbons (Fsp3) is 0.571. The second kappa shape index (κ2) is 5.32. The van der Waals surface area contributed by atoms with Gasteiger partial charge in [-0.15, -0.1) is 0 Å². The molecule has 2 N–H and O–H groups in total. The van der Waals surface area contributed by atoms with Gasteiger partial charge in [-0.05, 0) is 36.3 Å². The molecule has 0 aliphatic heterocycles. The molecular formula is C14H23N. The Bertz CT molecular complexity index is 271. The van der Waals surface area contributed by atoms with Gasteiger partial charge in [-0.1, -0.05) is 51.1 Å². The number of hydrogen-bond acceptors (Lipinski definition) is 1. The Morgan fingerprint density at radius 2 is 1.73 bits per heavy atom. The van der Waals surface area contributed by atoms with Crippen molar-refractivity contribution in [3.05, 3.63) is 35.9 Å². The molecule has 1 atom stereocenters. The zero-order chi connectivity index (χ0) is 11.3. The lowest BCUT2D eigenvalue weighted by atomic mass is 9.84. The molecule has 1 rings (SSSR count). The van der Waals surface area contributed by atoms with Gasteiger partial charge in [0.25, 0.3) is 0 Å². The third-order valence-electron chi connectivity index (χ3n) is 2.80. The van der Waals surface area contributed by atoms with Crippen molar-refractivity contribution in [3.63, 3.8) is 0 Å². The third-order valence-corrected chi connectivity index (χ3v) is 2.80. The highest BCUT2D eigenvalue weighted by atomic mass is 14.5. The highest BCUT2D eigenvalue weighted by Crippen LogP contribution is 2.28. The fourth-order valence-electron chi connectivity index (χ4n) is 1.75. The van der Waals surface area contributed by atoms with Crippen molar-refractivity contribution in [3.8, 4) is 0 Å². The molecular weight excluding hydrogens is 182 g/mol. The number of nitrogens with two attached hydrogens (primary N) is 1. The van der Waals surface area contributed by atoms with Crippen LogP contribution >= 0.6 is 0 Å². The molecule has 0 saturated carbocycles. The van der Waals surface area contributed by atoms with Crippen molar-refractivity contribution in [2.24, 2.45) is 11.1 Å². The van der Waals surface area contributed by atoms with Gasteiger partial charge in [-0.25, -0.2) is 0 Å². The molecule has 1 unspecified atom stereocenters. The monoisotopic (exact) mass is 205 g/mol. The molecule has 0 aliphatic rings. The van der Waals surface area contributed by atoms with Crippen LogP contribution in [-0.2, 0) is 0 Å². The summed E-state index contributed by atoms with van der Waals surface area (Å²) in [5, 5.41) is 0. The Balaban J connectivity index is 2.58. The first-order chi connectivity index (χ1) is 7.03. The molecule has 1 aromatic rings. The predicted molar refractivity (Wildman–Crippen MR) is 66.9 cm³/mol. The van der Waals surface area contributed by atoms with Crippen molar-refractivity contribution in [2.75, 3.05) is 6.54 Å². The zero-order valence-electron chi connectivity index (χ0n) is 10.2. The number of hydrogen-bond donors (Lipinski definition) is 1. The highest BCUT2D eigenvalue weighted by molar-refractivity contribution is 5.19. The van der Waals surface area contributed by atoms with E-state index in [1.165, 1.54) is 18.4 Å². The van der Waals surface area contributed by atoms with E-state index >= 15 is 0 Å². The van der Waals surface area contributed by atoms with Gasteiger partial charge < -0.3 is 5.73 Å². The topological polar surface area (TPSA) is 26.0 Å². The summed E-state index contributed by atoms with van der Waals surface area (Å²) >= 11 is 0. The minimum Gasteiger partial charge on any atom is -0.330 e. The van der Waals surface area contributed by atoms with E-state index in [1.54, 1.807) is 0 Å². The molecule has 1 heteroatoms. The van der Waals surface area contributed by atoms with E-state index in [9.17, 15) is 0 Å². The first kappa shape index (κ1) is 12.3. The Hall–Kier alpha value is -0.820. The van der Waals surface area contributed by atoms with Gasteiger partial charge in [-0.2, -0.15) is 0 Å². The number of rotatable bonds is 4. The van der Waals surface area contributed by atoms with Crippen molar-refractivity contribution in [1.82, 2.24) is 0 Å². The predicted octanol–water partition coefficient (Wildman–Crippen LogP) is 3.56. The van der Waals surface area contributed by atoms with Crippen LogP contribution in [0.3, 0.4) is 0 Å². The fourth-order valence-corrected chi connectivity index (χ4v) is 1.75. The summed E-state index contributed by atoms with van der Waals surface area (Å²) < 4.78 is 0. The van der Waals surface area contributed by atoms with E-state index in [-0.39, 0.29) is 0 Å². The lowest BCUT2D eigenvalue weighted by molar-refractivity contribution is 0.349. The summed E-state index contributed by atoms with van der Waals surface area (Å²) in [6.45, 7) is 7.60. The minimum absolute atomic E-state index is 0.405. The summed E-state index contributed by atoms with van der Waals surface area (Å²) in [7, 11) is 0. The standard InChI is InChI=1S/C14H23N/c1-14(2,3)10-9-13(11-15)12-7-5-4-6-8-12/h4-8,13H,9-11,15H2,1-3H3. The Morgan fingerprint density at radius 1 is 1.13 bits per heavy atom. The molecule has 84 valence electrons. The van der Waals surface area contributed by atoms with E-state index in [0.717, 1.165) is 6.54 Å².